The molecule has 3 N–H and O–H groups in total. The number of benzene rings is 2. The number of sulfonamides is 1. The van der Waals surface area contributed by atoms with Crippen LogP contribution in [0.2, 0.25) is 0 Å². The first-order valence-corrected chi connectivity index (χ1v) is 14.2. The molecule has 10 nitrogen and oxygen atoms in total. The Kier molecular flexibility index (Phi) is 8.62. The normalized spacial score (nSPS) is 15.5. The molecule has 1 saturated heterocycles. The number of nitrogens with zero attached hydrogens (tertiary/aromatic N) is 4. The van der Waals surface area contributed by atoms with Gasteiger partial charge in [0.15, 0.2) is 5.16 Å². The third kappa shape index (κ3) is 6.06. The lowest BCUT2D eigenvalue weighted by molar-refractivity contribution is -0.119. The number of ether oxygens (including phenoxy) is 1. The van der Waals surface area contributed by atoms with Crippen molar-refractivity contribution in [2.45, 2.75) is 35.9 Å². The summed E-state index contributed by atoms with van der Waals surface area (Å²) in [6.07, 6.45) is 1.32. The third-order valence-electron chi connectivity index (χ3n) is 5.89. The van der Waals surface area contributed by atoms with Crippen LogP contribution in [0.25, 0.3) is 0 Å². The van der Waals surface area contributed by atoms with Crippen molar-refractivity contribution in [3.05, 3.63) is 60.2 Å². The van der Waals surface area contributed by atoms with E-state index >= 15 is 0 Å². The van der Waals surface area contributed by atoms with Crippen molar-refractivity contribution < 1.29 is 17.9 Å². The Labute approximate surface area is 215 Å². The summed E-state index contributed by atoms with van der Waals surface area (Å²) < 4.78 is 34.0. The van der Waals surface area contributed by atoms with Crippen LogP contribution in [0.5, 0.6) is 0 Å². The van der Waals surface area contributed by atoms with Gasteiger partial charge in [-0.05, 0) is 42.7 Å². The van der Waals surface area contributed by atoms with Gasteiger partial charge >= 0.3 is 0 Å². The molecule has 1 aromatic heterocycles. The molecule has 1 unspecified atom stereocenters. The van der Waals surface area contributed by atoms with Crippen LogP contribution >= 0.6 is 11.8 Å². The maximum atomic E-state index is 13.2. The van der Waals surface area contributed by atoms with Crippen molar-refractivity contribution >= 4 is 39.3 Å². The van der Waals surface area contributed by atoms with E-state index in [2.05, 4.69) is 27.6 Å². The number of anilines is 2. The molecule has 4 rings (SSSR count). The highest BCUT2D eigenvalue weighted by Gasteiger charge is 2.27. The highest BCUT2D eigenvalue weighted by molar-refractivity contribution is 7.99. The first-order valence-electron chi connectivity index (χ1n) is 11.8. The van der Waals surface area contributed by atoms with Crippen LogP contribution in [0.1, 0.15) is 24.9 Å². The maximum Gasteiger partial charge on any atom is 0.247 e. The van der Waals surface area contributed by atoms with Gasteiger partial charge in [0.2, 0.25) is 21.9 Å². The fourth-order valence-corrected chi connectivity index (χ4v) is 6.33. The number of amides is 1. The zero-order valence-corrected chi connectivity index (χ0v) is 21.7. The summed E-state index contributed by atoms with van der Waals surface area (Å²) in [7, 11) is -3.60. The lowest BCUT2D eigenvalue weighted by atomic mass is 10.2. The van der Waals surface area contributed by atoms with Crippen molar-refractivity contribution in [1.29, 1.82) is 0 Å². The summed E-state index contributed by atoms with van der Waals surface area (Å²) in [5.41, 5.74) is 7.79. The van der Waals surface area contributed by atoms with Crippen LogP contribution < -0.4 is 11.1 Å². The SMILES string of the molecule is CCC(C(=O)Nc1ccc(S(=O)(=O)N2CCOCC2)cc1)n1c(N)nnc1SCCc1ccccc1. The van der Waals surface area contributed by atoms with Gasteiger partial charge in [0.25, 0.3) is 0 Å². The summed E-state index contributed by atoms with van der Waals surface area (Å²) in [6, 6.07) is 15.7. The van der Waals surface area contributed by atoms with Gasteiger partial charge in [0.1, 0.15) is 6.04 Å². The minimum absolute atomic E-state index is 0.172. The maximum absolute atomic E-state index is 13.2. The number of nitrogen functional groups attached to an aromatic ring is 1. The predicted octanol–water partition coefficient (Wildman–Crippen LogP) is 2.81. The molecule has 1 amide bonds. The Balaban J connectivity index is 1.42. The predicted molar refractivity (Wildman–Crippen MR) is 139 cm³/mol. The number of nitrogens with two attached hydrogens (primary N) is 1. The quantitative estimate of drug-likeness (QED) is 0.383. The fourth-order valence-electron chi connectivity index (χ4n) is 3.94. The average Bonchev–Trinajstić information content (AvgIpc) is 3.26. The number of carbonyl (C=O) groups excluding carboxylic acids is 1. The van der Waals surface area contributed by atoms with E-state index in [9.17, 15) is 13.2 Å². The van der Waals surface area contributed by atoms with Crippen LogP contribution in [0.15, 0.2) is 64.6 Å². The molecule has 0 aliphatic carbocycles. The van der Waals surface area contributed by atoms with Crippen molar-refractivity contribution in [2.75, 3.05) is 43.1 Å². The number of carbonyl (C=O) groups is 1. The Hall–Kier alpha value is -2.93. The lowest BCUT2D eigenvalue weighted by Crippen LogP contribution is -2.40. The molecule has 3 aromatic rings. The summed E-state index contributed by atoms with van der Waals surface area (Å²) in [6.45, 7) is 3.30. The second-order valence-electron chi connectivity index (χ2n) is 8.25. The van der Waals surface area contributed by atoms with Gasteiger partial charge in [-0.2, -0.15) is 4.31 Å². The van der Waals surface area contributed by atoms with E-state index in [1.807, 2.05) is 25.1 Å². The Morgan fingerprint density at radius 2 is 1.81 bits per heavy atom. The molecule has 0 radical (unpaired) electrons. The second-order valence-corrected chi connectivity index (χ2v) is 11.2. The number of aromatic nitrogens is 3. The standard InChI is InChI=1S/C24H30N6O4S2/c1-2-21(30-23(25)27-28-24(30)35-17-12-18-6-4-3-5-7-18)22(31)26-19-8-10-20(11-9-19)36(32,33)29-13-15-34-16-14-29/h3-11,21H,2,12-17H2,1H3,(H2,25,27)(H,26,31). The number of morpholine rings is 1. The van der Waals surface area contributed by atoms with Crippen LogP contribution in [0.3, 0.4) is 0 Å². The number of aryl methyl sites for hydroxylation is 1. The molecule has 1 aliphatic heterocycles. The first kappa shape index (κ1) is 26.1. The molecule has 0 saturated carbocycles. The number of rotatable bonds is 10. The molecule has 12 heteroatoms. The van der Waals surface area contributed by atoms with Crippen LogP contribution in [0, 0.1) is 0 Å². The largest absolute Gasteiger partial charge is 0.379 e. The van der Waals surface area contributed by atoms with E-state index in [1.165, 1.54) is 33.8 Å². The molecule has 1 atom stereocenters. The number of nitrogens with one attached hydrogen (secondary N) is 1. The molecule has 0 bridgehead atoms. The van der Waals surface area contributed by atoms with Gasteiger partial charge in [0, 0.05) is 24.5 Å². The summed E-state index contributed by atoms with van der Waals surface area (Å²) >= 11 is 1.50. The number of hydrogen-bond donors (Lipinski definition) is 2. The van der Waals surface area contributed by atoms with E-state index in [-0.39, 0.29) is 16.8 Å². The molecule has 2 heterocycles. The Morgan fingerprint density at radius 1 is 1.11 bits per heavy atom. The molecule has 1 fully saturated rings. The molecule has 36 heavy (non-hydrogen) atoms. The lowest BCUT2D eigenvalue weighted by Gasteiger charge is -2.26. The van der Waals surface area contributed by atoms with Crippen molar-refractivity contribution in [1.82, 2.24) is 19.1 Å². The van der Waals surface area contributed by atoms with Crippen LogP contribution in [-0.2, 0) is 26.0 Å². The van der Waals surface area contributed by atoms with Crippen LogP contribution in [0.4, 0.5) is 11.6 Å². The fraction of sp³-hybridized carbons (Fsp3) is 0.375. The van der Waals surface area contributed by atoms with Gasteiger partial charge in [-0.1, -0.05) is 49.0 Å². The molecule has 192 valence electrons. The Bertz CT molecular complexity index is 1260. The van der Waals surface area contributed by atoms with Crippen LogP contribution in [-0.4, -0.2) is 65.5 Å². The highest BCUT2D eigenvalue weighted by atomic mass is 32.2. The van der Waals surface area contributed by atoms with E-state index in [0.29, 0.717) is 43.6 Å². The molecular formula is C24H30N6O4S2. The number of thioether (sulfide) groups is 1. The highest BCUT2D eigenvalue weighted by Crippen LogP contribution is 2.27. The van der Waals surface area contributed by atoms with E-state index in [0.717, 1.165) is 12.2 Å². The zero-order chi connectivity index (χ0) is 25.5. The first-order chi connectivity index (χ1) is 17.4. The number of hydrogen-bond acceptors (Lipinski definition) is 8. The van der Waals surface area contributed by atoms with Gasteiger partial charge < -0.3 is 15.8 Å². The zero-order valence-electron chi connectivity index (χ0n) is 20.0. The topological polar surface area (TPSA) is 132 Å². The van der Waals surface area contributed by atoms with Crippen molar-refractivity contribution in [2.24, 2.45) is 0 Å². The van der Waals surface area contributed by atoms with E-state index < -0.39 is 16.1 Å². The van der Waals surface area contributed by atoms with Crippen molar-refractivity contribution in [3.63, 3.8) is 0 Å². The van der Waals surface area contributed by atoms with Gasteiger partial charge in [-0.25, -0.2) is 8.42 Å². The third-order valence-corrected chi connectivity index (χ3v) is 8.74. The minimum atomic E-state index is -3.60. The van der Waals surface area contributed by atoms with Gasteiger partial charge in [-0.15, -0.1) is 10.2 Å². The average molecular weight is 531 g/mol. The smallest absolute Gasteiger partial charge is 0.247 e. The molecule has 1 aliphatic rings. The van der Waals surface area contributed by atoms with Gasteiger partial charge in [0.05, 0.1) is 18.1 Å². The van der Waals surface area contributed by atoms with E-state index in [4.69, 9.17) is 10.5 Å². The summed E-state index contributed by atoms with van der Waals surface area (Å²) in [5, 5.41) is 11.6. The Morgan fingerprint density at radius 3 is 2.47 bits per heavy atom. The molecule has 0 spiro atoms. The molecule has 2 aromatic carbocycles. The van der Waals surface area contributed by atoms with Gasteiger partial charge in [-0.3, -0.25) is 9.36 Å². The summed E-state index contributed by atoms with van der Waals surface area (Å²) in [5.74, 6) is 0.656. The monoisotopic (exact) mass is 530 g/mol. The second kappa shape index (κ2) is 11.9. The minimum Gasteiger partial charge on any atom is -0.379 e. The van der Waals surface area contributed by atoms with Crippen molar-refractivity contribution in [3.8, 4) is 0 Å². The summed E-state index contributed by atoms with van der Waals surface area (Å²) in [4.78, 5) is 13.4. The van der Waals surface area contributed by atoms with E-state index in [1.54, 1.807) is 16.7 Å². The molecular weight excluding hydrogens is 500 g/mol.